The molecule has 0 bridgehead atoms. The van der Waals surface area contributed by atoms with Crippen molar-refractivity contribution in [2.45, 2.75) is 45.1 Å². The van der Waals surface area contributed by atoms with E-state index in [-0.39, 0.29) is 11.7 Å². The highest BCUT2D eigenvalue weighted by molar-refractivity contribution is 7.99. The normalized spacial score (nSPS) is 12.1. The van der Waals surface area contributed by atoms with Crippen molar-refractivity contribution in [2.24, 2.45) is 4.99 Å². The minimum Gasteiger partial charge on any atom is -0.316 e. The van der Waals surface area contributed by atoms with Gasteiger partial charge in [-0.2, -0.15) is 4.99 Å². The third-order valence-electron chi connectivity index (χ3n) is 4.36. The summed E-state index contributed by atoms with van der Waals surface area (Å²) >= 11 is 3.11. The van der Waals surface area contributed by atoms with Crippen LogP contribution in [0.5, 0.6) is 0 Å². The minimum atomic E-state index is -0.249. The van der Waals surface area contributed by atoms with Crippen molar-refractivity contribution in [3.8, 4) is 0 Å². The Morgan fingerprint density at radius 3 is 2.59 bits per heavy atom. The van der Waals surface area contributed by atoms with E-state index in [4.69, 9.17) is 0 Å². The van der Waals surface area contributed by atoms with Crippen molar-refractivity contribution in [1.82, 2.24) is 4.57 Å². The molecule has 2 aromatic carbocycles. The summed E-state index contributed by atoms with van der Waals surface area (Å²) in [6.07, 6.45) is 1.35. The summed E-state index contributed by atoms with van der Waals surface area (Å²) in [5.74, 6) is 0.265. The predicted molar refractivity (Wildman–Crippen MR) is 112 cm³/mol. The SMILES string of the molecule is CCCn1c(=NC(=O)CCSc2ccc(F)cc2)sc2cc(C)c(C)cc21. The van der Waals surface area contributed by atoms with Gasteiger partial charge in [0.25, 0.3) is 0 Å². The number of amides is 1. The highest BCUT2D eigenvalue weighted by atomic mass is 32.2. The number of aryl methyl sites for hydroxylation is 3. The van der Waals surface area contributed by atoms with Crippen molar-refractivity contribution in [1.29, 1.82) is 0 Å². The van der Waals surface area contributed by atoms with Gasteiger partial charge in [0, 0.05) is 23.6 Å². The lowest BCUT2D eigenvalue weighted by atomic mass is 10.1. The molecule has 6 heteroatoms. The second-order valence-corrected chi connectivity index (χ2v) is 8.68. The number of carbonyl (C=O) groups is 1. The first kappa shape index (κ1) is 19.8. The second-order valence-electron chi connectivity index (χ2n) is 6.50. The van der Waals surface area contributed by atoms with E-state index in [2.05, 4.69) is 42.5 Å². The molecule has 3 nitrogen and oxygen atoms in total. The average Bonchev–Trinajstić information content (AvgIpc) is 2.94. The van der Waals surface area contributed by atoms with Crippen molar-refractivity contribution in [2.75, 3.05) is 5.75 Å². The van der Waals surface area contributed by atoms with Gasteiger partial charge in [-0.25, -0.2) is 4.39 Å². The zero-order chi connectivity index (χ0) is 19.4. The van der Waals surface area contributed by atoms with Crippen molar-refractivity contribution >= 4 is 39.2 Å². The molecule has 0 aliphatic carbocycles. The second kappa shape index (κ2) is 8.85. The number of thiazole rings is 1. The Labute approximate surface area is 167 Å². The summed E-state index contributed by atoms with van der Waals surface area (Å²) in [4.78, 5) is 18.5. The summed E-state index contributed by atoms with van der Waals surface area (Å²) < 4.78 is 16.3. The molecular weight excluding hydrogens is 379 g/mol. The molecule has 0 N–H and O–H groups in total. The molecule has 1 aromatic heterocycles. The first-order valence-electron chi connectivity index (χ1n) is 9.04. The summed E-state index contributed by atoms with van der Waals surface area (Å²) in [7, 11) is 0. The molecule has 0 radical (unpaired) electrons. The van der Waals surface area contributed by atoms with Gasteiger partial charge in [0.15, 0.2) is 4.80 Å². The summed E-state index contributed by atoms with van der Waals surface area (Å²) in [5, 5.41) is 0. The fourth-order valence-electron chi connectivity index (χ4n) is 2.80. The van der Waals surface area contributed by atoms with Crippen LogP contribution in [0.15, 0.2) is 46.3 Å². The predicted octanol–water partition coefficient (Wildman–Crippen LogP) is 5.48. The van der Waals surface area contributed by atoms with Crippen LogP contribution in [0.1, 0.15) is 30.9 Å². The van der Waals surface area contributed by atoms with Crippen LogP contribution in [-0.4, -0.2) is 16.2 Å². The van der Waals surface area contributed by atoms with E-state index in [1.807, 2.05) is 0 Å². The van der Waals surface area contributed by atoms with Crippen LogP contribution in [0, 0.1) is 19.7 Å². The minimum absolute atomic E-state index is 0.116. The molecule has 0 aliphatic heterocycles. The number of benzene rings is 2. The molecule has 0 spiro atoms. The Morgan fingerprint density at radius 1 is 1.19 bits per heavy atom. The van der Waals surface area contributed by atoms with Crippen molar-refractivity contribution in [3.05, 3.63) is 58.1 Å². The smallest absolute Gasteiger partial charge is 0.249 e. The number of rotatable bonds is 6. The maximum atomic E-state index is 12.9. The lowest BCUT2D eigenvalue weighted by molar-refractivity contribution is -0.117. The lowest BCUT2D eigenvalue weighted by Crippen LogP contribution is -2.17. The fraction of sp³-hybridized carbons (Fsp3) is 0.333. The Bertz CT molecular complexity index is 1020. The van der Waals surface area contributed by atoms with Crippen LogP contribution in [0.3, 0.4) is 0 Å². The molecule has 0 saturated heterocycles. The molecule has 0 unspecified atom stereocenters. The Balaban J connectivity index is 1.78. The zero-order valence-electron chi connectivity index (χ0n) is 15.8. The monoisotopic (exact) mass is 402 g/mol. The van der Waals surface area contributed by atoms with Crippen LogP contribution in [-0.2, 0) is 11.3 Å². The third-order valence-corrected chi connectivity index (χ3v) is 6.42. The zero-order valence-corrected chi connectivity index (χ0v) is 17.4. The fourth-order valence-corrected chi connectivity index (χ4v) is 4.79. The van der Waals surface area contributed by atoms with Gasteiger partial charge in [-0.05, 0) is 67.8 Å². The molecule has 27 heavy (non-hydrogen) atoms. The molecule has 1 heterocycles. The molecular formula is C21H23FN2OS2. The van der Waals surface area contributed by atoms with Crippen molar-refractivity contribution < 1.29 is 9.18 Å². The summed E-state index contributed by atoms with van der Waals surface area (Å²) in [6, 6.07) is 10.7. The van der Waals surface area contributed by atoms with Crippen LogP contribution >= 0.6 is 23.1 Å². The average molecular weight is 403 g/mol. The molecule has 3 rings (SSSR count). The lowest BCUT2D eigenvalue weighted by Gasteiger charge is -2.05. The van der Waals surface area contributed by atoms with E-state index in [1.54, 1.807) is 35.2 Å². The maximum absolute atomic E-state index is 12.9. The van der Waals surface area contributed by atoms with Gasteiger partial charge in [-0.1, -0.05) is 18.3 Å². The number of fused-ring (bicyclic) bond motifs is 1. The highest BCUT2D eigenvalue weighted by Crippen LogP contribution is 2.22. The first-order chi connectivity index (χ1) is 13.0. The summed E-state index contributed by atoms with van der Waals surface area (Å²) in [6.45, 7) is 7.19. The van der Waals surface area contributed by atoms with E-state index < -0.39 is 0 Å². The molecule has 1 amide bonds. The van der Waals surface area contributed by atoms with Crippen LogP contribution in [0.2, 0.25) is 0 Å². The third kappa shape index (κ3) is 4.87. The topological polar surface area (TPSA) is 34.4 Å². The molecule has 142 valence electrons. The van der Waals surface area contributed by atoms with Gasteiger partial charge in [-0.15, -0.1) is 11.8 Å². The number of hydrogen-bond donors (Lipinski definition) is 0. The van der Waals surface area contributed by atoms with Gasteiger partial charge in [0.2, 0.25) is 5.91 Å². The highest BCUT2D eigenvalue weighted by Gasteiger charge is 2.09. The van der Waals surface area contributed by atoms with Crippen molar-refractivity contribution in [3.63, 3.8) is 0 Å². The van der Waals surface area contributed by atoms with Crippen LogP contribution in [0.25, 0.3) is 10.2 Å². The van der Waals surface area contributed by atoms with Gasteiger partial charge in [0.1, 0.15) is 5.82 Å². The van der Waals surface area contributed by atoms with Gasteiger partial charge in [-0.3, -0.25) is 4.79 Å². The van der Waals surface area contributed by atoms with Gasteiger partial charge in [0.05, 0.1) is 10.2 Å². The number of aromatic nitrogens is 1. The van der Waals surface area contributed by atoms with E-state index in [0.29, 0.717) is 12.2 Å². The summed E-state index contributed by atoms with van der Waals surface area (Å²) in [5.41, 5.74) is 3.65. The molecule has 3 aromatic rings. The Kier molecular flexibility index (Phi) is 6.50. The van der Waals surface area contributed by atoms with E-state index in [0.717, 1.165) is 28.2 Å². The number of carbonyl (C=O) groups excluding carboxylic acids is 1. The standard InChI is InChI=1S/C21H23FN2OS2/c1-4-10-24-18-12-14(2)15(3)13-19(18)27-21(24)23-20(25)9-11-26-17-7-5-16(22)6-8-17/h5-8,12-13H,4,9-11H2,1-3H3. The van der Waals surface area contributed by atoms with Crippen LogP contribution < -0.4 is 4.80 Å². The molecule has 0 fully saturated rings. The molecule has 0 aliphatic rings. The van der Waals surface area contributed by atoms with E-state index in [1.165, 1.54) is 28.0 Å². The van der Waals surface area contributed by atoms with Gasteiger partial charge < -0.3 is 4.57 Å². The van der Waals surface area contributed by atoms with Crippen LogP contribution in [0.4, 0.5) is 4.39 Å². The quantitative estimate of drug-likeness (QED) is 0.512. The number of nitrogens with zero attached hydrogens (tertiary/aromatic N) is 2. The maximum Gasteiger partial charge on any atom is 0.249 e. The number of hydrogen-bond acceptors (Lipinski definition) is 3. The molecule has 0 atom stereocenters. The Morgan fingerprint density at radius 2 is 1.89 bits per heavy atom. The van der Waals surface area contributed by atoms with Gasteiger partial charge >= 0.3 is 0 Å². The Hall–Kier alpha value is -1.92. The molecule has 0 saturated carbocycles. The van der Waals surface area contributed by atoms with E-state index in [9.17, 15) is 9.18 Å². The number of halogens is 1. The van der Waals surface area contributed by atoms with E-state index >= 15 is 0 Å². The largest absolute Gasteiger partial charge is 0.316 e. The number of thioether (sulfide) groups is 1. The first-order valence-corrected chi connectivity index (χ1v) is 10.8.